The minimum Gasteiger partial charge on any atom is -0.350 e. The summed E-state index contributed by atoms with van der Waals surface area (Å²) in [5.74, 6) is -0.799. The van der Waals surface area contributed by atoms with Crippen LogP contribution in [0.15, 0.2) is 30.5 Å². The lowest BCUT2D eigenvalue weighted by atomic mass is 10.1. The van der Waals surface area contributed by atoms with Crippen LogP contribution < -0.4 is 10.6 Å². The third kappa shape index (κ3) is 4.19. The van der Waals surface area contributed by atoms with Crippen LogP contribution in [0.3, 0.4) is 0 Å². The van der Waals surface area contributed by atoms with E-state index >= 15 is 0 Å². The van der Waals surface area contributed by atoms with Crippen molar-refractivity contribution in [2.45, 2.75) is 13.8 Å². The second-order valence-electron chi connectivity index (χ2n) is 5.86. The number of nitro groups is 1. The number of nitro benzene ring substituents is 1. The molecule has 0 radical (unpaired) electrons. The number of carbonyl (C=O) groups is 2. The highest BCUT2D eigenvalue weighted by molar-refractivity contribution is 6.10. The number of anilines is 1. The van der Waals surface area contributed by atoms with E-state index in [1.807, 2.05) is 13.8 Å². The van der Waals surface area contributed by atoms with E-state index in [0.717, 1.165) is 0 Å². The maximum Gasteiger partial charge on any atom is 0.282 e. The molecule has 0 unspecified atom stereocenters. The van der Waals surface area contributed by atoms with Crippen molar-refractivity contribution in [3.8, 4) is 0 Å². The van der Waals surface area contributed by atoms with Crippen molar-refractivity contribution in [2.75, 3.05) is 11.9 Å². The molecule has 0 aliphatic rings. The molecule has 0 aliphatic carbocycles. The Hall–Kier alpha value is -3.23. The number of hydrogen-bond acceptors (Lipinski definition) is 5. The Morgan fingerprint density at radius 1 is 1.28 bits per heavy atom. The Balaban J connectivity index is 2.26. The lowest BCUT2D eigenvalue weighted by Crippen LogP contribution is -2.30. The molecule has 0 atom stereocenters. The maximum atomic E-state index is 12.4. The first-order valence-electron chi connectivity index (χ1n) is 7.66. The van der Waals surface area contributed by atoms with Gasteiger partial charge in [-0.2, -0.15) is 5.10 Å². The highest BCUT2D eigenvalue weighted by Gasteiger charge is 2.23. The Morgan fingerprint density at radius 3 is 2.60 bits per heavy atom. The molecule has 9 heteroatoms. The Kier molecular flexibility index (Phi) is 5.48. The highest BCUT2D eigenvalue weighted by atomic mass is 16.6. The van der Waals surface area contributed by atoms with E-state index in [-0.39, 0.29) is 34.5 Å². The van der Waals surface area contributed by atoms with Crippen LogP contribution in [0.1, 0.15) is 34.7 Å². The molecule has 0 saturated heterocycles. The monoisotopic (exact) mass is 345 g/mol. The van der Waals surface area contributed by atoms with Crippen LogP contribution in [-0.2, 0) is 7.05 Å². The predicted octanol–water partition coefficient (Wildman–Crippen LogP) is 1.97. The molecule has 1 aromatic heterocycles. The van der Waals surface area contributed by atoms with Gasteiger partial charge in [0, 0.05) is 19.7 Å². The van der Waals surface area contributed by atoms with Crippen LogP contribution in [0, 0.1) is 16.0 Å². The van der Waals surface area contributed by atoms with Crippen molar-refractivity contribution in [1.82, 2.24) is 15.1 Å². The summed E-state index contributed by atoms with van der Waals surface area (Å²) in [5, 5.41) is 20.3. The molecule has 9 nitrogen and oxygen atoms in total. The fourth-order valence-electron chi connectivity index (χ4n) is 2.19. The smallest absolute Gasteiger partial charge is 0.282 e. The van der Waals surface area contributed by atoms with Gasteiger partial charge in [0.25, 0.3) is 17.5 Å². The first kappa shape index (κ1) is 18.1. The second-order valence-corrected chi connectivity index (χ2v) is 5.86. The van der Waals surface area contributed by atoms with Crippen molar-refractivity contribution in [3.63, 3.8) is 0 Å². The molecular weight excluding hydrogens is 326 g/mol. The molecule has 0 fully saturated rings. The number of hydrogen-bond donors (Lipinski definition) is 2. The zero-order valence-corrected chi connectivity index (χ0v) is 14.1. The number of nitrogens with one attached hydrogen (secondary N) is 2. The Morgan fingerprint density at radius 2 is 1.96 bits per heavy atom. The molecule has 25 heavy (non-hydrogen) atoms. The van der Waals surface area contributed by atoms with Gasteiger partial charge in [0.2, 0.25) is 0 Å². The van der Waals surface area contributed by atoms with E-state index in [0.29, 0.717) is 6.54 Å². The number of aromatic nitrogens is 2. The molecule has 2 rings (SSSR count). The summed E-state index contributed by atoms with van der Waals surface area (Å²) in [4.78, 5) is 35.1. The fraction of sp³-hybridized carbons (Fsp3) is 0.312. The van der Waals surface area contributed by atoms with E-state index in [1.165, 1.54) is 35.1 Å². The first-order valence-corrected chi connectivity index (χ1v) is 7.66. The fourth-order valence-corrected chi connectivity index (χ4v) is 2.19. The standard InChI is InChI=1S/C16H19N5O4/c1-10(2)8-17-16(23)14-12(9-18-20(14)3)19-15(22)11-6-4-5-7-13(11)21(24)25/h4-7,9-10H,8H2,1-3H3,(H,17,23)(H,19,22). The number of nitrogens with zero attached hydrogens (tertiary/aromatic N) is 3. The maximum absolute atomic E-state index is 12.4. The predicted molar refractivity (Wildman–Crippen MR) is 91.4 cm³/mol. The molecule has 0 bridgehead atoms. The normalized spacial score (nSPS) is 10.6. The molecule has 2 N–H and O–H groups in total. The summed E-state index contributed by atoms with van der Waals surface area (Å²) in [6.07, 6.45) is 1.33. The van der Waals surface area contributed by atoms with Crippen LogP contribution in [-0.4, -0.2) is 33.1 Å². The van der Waals surface area contributed by atoms with Crippen molar-refractivity contribution in [3.05, 3.63) is 51.8 Å². The lowest BCUT2D eigenvalue weighted by molar-refractivity contribution is -0.385. The van der Waals surface area contributed by atoms with Gasteiger partial charge in [-0.3, -0.25) is 24.4 Å². The van der Waals surface area contributed by atoms with Crippen molar-refractivity contribution >= 4 is 23.2 Å². The largest absolute Gasteiger partial charge is 0.350 e. The van der Waals surface area contributed by atoms with E-state index in [1.54, 1.807) is 7.05 Å². The molecule has 2 aromatic rings. The van der Waals surface area contributed by atoms with Crippen LogP contribution in [0.2, 0.25) is 0 Å². The number of carbonyl (C=O) groups excluding carboxylic acids is 2. The molecule has 0 aliphatic heterocycles. The van der Waals surface area contributed by atoms with Crippen LogP contribution >= 0.6 is 0 Å². The molecule has 1 aromatic carbocycles. The Bertz CT molecular complexity index is 813. The number of aryl methyl sites for hydroxylation is 1. The van der Waals surface area contributed by atoms with E-state index in [4.69, 9.17) is 0 Å². The average Bonchev–Trinajstić information content (AvgIpc) is 2.93. The number of rotatable bonds is 6. The quantitative estimate of drug-likeness (QED) is 0.613. The van der Waals surface area contributed by atoms with Gasteiger partial charge in [0.05, 0.1) is 16.8 Å². The summed E-state index contributed by atoms with van der Waals surface area (Å²) in [5.41, 5.74) is -0.0425. The average molecular weight is 345 g/mol. The highest BCUT2D eigenvalue weighted by Crippen LogP contribution is 2.21. The third-order valence-corrected chi connectivity index (χ3v) is 3.42. The SMILES string of the molecule is CC(C)CNC(=O)c1c(NC(=O)c2ccccc2[N+](=O)[O-])cnn1C. The molecular formula is C16H19N5O4. The molecule has 0 spiro atoms. The van der Waals surface area contributed by atoms with Gasteiger partial charge >= 0.3 is 0 Å². The van der Waals surface area contributed by atoms with Gasteiger partial charge < -0.3 is 10.6 Å². The number of benzene rings is 1. The van der Waals surface area contributed by atoms with Gasteiger partial charge in [0.1, 0.15) is 11.3 Å². The van der Waals surface area contributed by atoms with Crippen molar-refractivity contribution in [1.29, 1.82) is 0 Å². The van der Waals surface area contributed by atoms with Gasteiger partial charge in [-0.1, -0.05) is 26.0 Å². The van der Waals surface area contributed by atoms with Gasteiger partial charge in [-0.05, 0) is 12.0 Å². The van der Waals surface area contributed by atoms with E-state index in [2.05, 4.69) is 15.7 Å². The number of amides is 2. The topological polar surface area (TPSA) is 119 Å². The lowest BCUT2D eigenvalue weighted by Gasteiger charge is -2.10. The first-order chi connectivity index (χ1) is 11.8. The van der Waals surface area contributed by atoms with Gasteiger partial charge in [0.15, 0.2) is 0 Å². The summed E-state index contributed by atoms with van der Waals surface area (Å²) in [6.45, 7) is 4.39. The van der Waals surface area contributed by atoms with Crippen LogP contribution in [0.4, 0.5) is 11.4 Å². The minimum atomic E-state index is -0.682. The van der Waals surface area contributed by atoms with Gasteiger partial charge in [-0.25, -0.2) is 0 Å². The van der Waals surface area contributed by atoms with E-state index < -0.39 is 10.8 Å². The summed E-state index contributed by atoms with van der Waals surface area (Å²) >= 11 is 0. The van der Waals surface area contributed by atoms with Gasteiger partial charge in [-0.15, -0.1) is 0 Å². The van der Waals surface area contributed by atoms with Crippen LogP contribution in [0.5, 0.6) is 0 Å². The molecule has 2 amide bonds. The van der Waals surface area contributed by atoms with E-state index in [9.17, 15) is 19.7 Å². The molecule has 132 valence electrons. The number of para-hydroxylation sites is 1. The summed E-state index contributed by atoms with van der Waals surface area (Å²) in [7, 11) is 1.57. The van der Waals surface area contributed by atoms with Crippen molar-refractivity contribution < 1.29 is 14.5 Å². The molecule has 0 saturated carbocycles. The third-order valence-electron chi connectivity index (χ3n) is 3.42. The van der Waals surface area contributed by atoms with Crippen LogP contribution in [0.25, 0.3) is 0 Å². The molecule has 1 heterocycles. The zero-order chi connectivity index (χ0) is 18.6. The second kappa shape index (κ2) is 7.56. The van der Waals surface area contributed by atoms with Crippen molar-refractivity contribution in [2.24, 2.45) is 13.0 Å². The Labute approximate surface area is 144 Å². The zero-order valence-electron chi connectivity index (χ0n) is 14.1. The summed E-state index contributed by atoms with van der Waals surface area (Å²) < 4.78 is 1.34. The minimum absolute atomic E-state index is 0.0927. The summed E-state index contributed by atoms with van der Waals surface area (Å²) in [6, 6.07) is 5.60.